The lowest BCUT2D eigenvalue weighted by Gasteiger charge is -2.27. The quantitative estimate of drug-likeness (QED) is 0.203. The Bertz CT molecular complexity index is 471. The second-order valence-corrected chi connectivity index (χ2v) is 7.49. The fourth-order valence-electron chi connectivity index (χ4n) is 3.55. The largest absolute Gasteiger partial charge is 0.379 e. The summed E-state index contributed by atoms with van der Waals surface area (Å²) in [6, 6.07) is 0.555. The van der Waals surface area contributed by atoms with Crippen molar-refractivity contribution in [3.05, 3.63) is 0 Å². The summed E-state index contributed by atoms with van der Waals surface area (Å²) in [7, 11) is 3.52. The summed E-state index contributed by atoms with van der Waals surface area (Å²) >= 11 is 0. The van der Waals surface area contributed by atoms with Crippen LogP contribution in [0.25, 0.3) is 0 Å². The SMILES string of the molecule is CCN1CCCC1CNC(=NCC(=O)N(C)C)NCCCN1CCOCC1.I. The fourth-order valence-corrected chi connectivity index (χ4v) is 3.55. The van der Waals surface area contributed by atoms with Gasteiger partial charge in [-0.15, -0.1) is 24.0 Å². The van der Waals surface area contributed by atoms with E-state index < -0.39 is 0 Å². The molecule has 9 heteroatoms. The Hall–Kier alpha value is -0.650. The second kappa shape index (κ2) is 14.4. The van der Waals surface area contributed by atoms with E-state index in [1.54, 1.807) is 19.0 Å². The van der Waals surface area contributed by atoms with E-state index in [0.717, 1.165) is 64.9 Å². The summed E-state index contributed by atoms with van der Waals surface area (Å²) < 4.78 is 5.39. The van der Waals surface area contributed by atoms with Gasteiger partial charge in [-0.25, -0.2) is 4.99 Å². The van der Waals surface area contributed by atoms with Gasteiger partial charge in [-0.2, -0.15) is 0 Å². The van der Waals surface area contributed by atoms with Crippen LogP contribution < -0.4 is 10.6 Å². The maximum absolute atomic E-state index is 11.9. The van der Waals surface area contributed by atoms with E-state index in [2.05, 4.69) is 32.3 Å². The van der Waals surface area contributed by atoms with Gasteiger partial charge >= 0.3 is 0 Å². The number of likely N-dealkylation sites (N-methyl/N-ethyl adjacent to an activating group) is 2. The van der Waals surface area contributed by atoms with E-state index in [9.17, 15) is 4.79 Å². The number of hydrogen-bond donors (Lipinski definition) is 2. The van der Waals surface area contributed by atoms with Crippen molar-refractivity contribution in [2.45, 2.75) is 32.2 Å². The zero-order valence-corrected chi connectivity index (χ0v) is 20.1. The van der Waals surface area contributed by atoms with E-state index in [4.69, 9.17) is 4.74 Å². The molecule has 0 aliphatic carbocycles. The van der Waals surface area contributed by atoms with Gasteiger partial charge in [0.25, 0.3) is 0 Å². The minimum Gasteiger partial charge on any atom is -0.379 e. The highest BCUT2D eigenvalue weighted by Gasteiger charge is 2.22. The van der Waals surface area contributed by atoms with Gasteiger partial charge in [0, 0.05) is 46.3 Å². The van der Waals surface area contributed by atoms with Gasteiger partial charge in [0.2, 0.25) is 5.91 Å². The number of guanidine groups is 1. The van der Waals surface area contributed by atoms with Crippen LogP contribution in [-0.2, 0) is 9.53 Å². The number of aliphatic imine (C=N–C) groups is 1. The van der Waals surface area contributed by atoms with Gasteiger partial charge < -0.3 is 20.3 Å². The van der Waals surface area contributed by atoms with Crippen LogP contribution in [0.4, 0.5) is 0 Å². The molecule has 0 radical (unpaired) electrons. The number of morpholine rings is 1. The number of carbonyl (C=O) groups is 1. The van der Waals surface area contributed by atoms with Crippen LogP contribution in [-0.4, -0.2) is 112 Å². The summed E-state index contributed by atoms with van der Waals surface area (Å²) in [6.45, 7) is 11.2. The Labute approximate surface area is 187 Å². The summed E-state index contributed by atoms with van der Waals surface area (Å²) in [5.41, 5.74) is 0. The molecule has 8 nitrogen and oxygen atoms in total. The molecule has 2 rings (SSSR count). The van der Waals surface area contributed by atoms with Crippen molar-refractivity contribution < 1.29 is 9.53 Å². The van der Waals surface area contributed by atoms with Crippen LogP contribution in [0.2, 0.25) is 0 Å². The van der Waals surface area contributed by atoms with E-state index in [0.29, 0.717) is 6.04 Å². The van der Waals surface area contributed by atoms with Crippen LogP contribution in [0.1, 0.15) is 26.2 Å². The molecule has 164 valence electrons. The molecule has 2 N–H and O–H groups in total. The number of rotatable bonds is 9. The number of nitrogens with one attached hydrogen (secondary N) is 2. The highest BCUT2D eigenvalue weighted by atomic mass is 127. The molecule has 0 aromatic rings. The molecule has 1 amide bonds. The minimum absolute atomic E-state index is 0. The Kier molecular flexibility index (Phi) is 13.0. The number of carbonyl (C=O) groups excluding carboxylic acids is 1. The Morgan fingerprint density at radius 3 is 2.64 bits per heavy atom. The third-order valence-electron chi connectivity index (χ3n) is 5.33. The monoisotopic (exact) mass is 510 g/mol. The van der Waals surface area contributed by atoms with Crippen molar-refractivity contribution in [2.75, 3.05) is 79.7 Å². The van der Waals surface area contributed by atoms with E-state index in [1.165, 1.54) is 19.4 Å². The van der Waals surface area contributed by atoms with Gasteiger partial charge in [0.05, 0.1) is 13.2 Å². The van der Waals surface area contributed by atoms with Crippen LogP contribution in [0.15, 0.2) is 4.99 Å². The fraction of sp³-hybridized carbons (Fsp3) is 0.895. The number of halogens is 1. The predicted octanol–water partition coefficient (Wildman–Crippen LogP) is 0.434. The second-order valence-electron chi connectivity index (χ2n) is 7.49. The summed E-state index contributed by atoms with van der Waals surface area (Å²) in [4.78, 5) is 22.9. The van der Waals surface area contributed by atoms with Gasteiger partial charge in [0.15, 0.2) is 5.96 Å². The predicted molar refractivity (Wildman–Crippen MR) is 125 cm³/mol. The Morgan fingerprint density at radius 1 is 1.21 bits per heavy atom. The van der Waals surface area contributed by atoms with Crippen molar-refractivity contribution >= 4 is 35.8 Å². The van der Waals surface area contributed by atoms with Crippen molar-refractivity contribution in [3.63, 3.8) is 0 Å². The lowest BCUT2D eigenvalue weighted by atomic mass is 10.2. The molecule has 28 heavy (non-hydrogen) atoms. The lowest BCUT2D eigenvalue weighted by Crippen LogP contribution is -2.46. The molecule has 2 aliphatic rings. The zero-order chi connectivity index (χ0) is 19.5. The maximum atomic E-state index is 11.9. The van der Waals surface area contributed by atoms with Crippen molar-refractivity contribution in [1.29, 1.82) is 0 Å². The van der Waals surface area contributed by atoms with Gasteiger partial charge in [0.1, 0.15) is 6.54 Å². The average molecular weight is 510 g/mol. The summed E-state index contributed by atoms with van der Waals surface area (Å²) in [5, 5.41) is 6.85. The first-order chi connectivity index (χ1) is 13.1. The molecule has 2 aliphatic heterocycles. The van der Waals surface area contributed by atoms with Gasteiger partial charge in [-0.3, -0.25) is 14.6 Å². The van der Waals surface area contributed by atoms with Crippen LogP contribution in [0.3, 0.4) is 0 Å². The lowest BCUT2D eigenvalue weighted by molar-refractivity contribution is -0.127. The number of amides is 1. The molecule has 0 bridgehead atoms. The molecule has 0 aromatic carbocycles. The third kappa shape index (κ3) is 9.23. The summed E-state index contributed by atoms with van der Waals surface area (Å²) in [5.74, 6) is 0.760. The smallest absolute Gasteiger partial charge is 0.243 e. The highest BCUT2D eigenvalue weighted by molar-refractivity contribution is 14.0. The molecule has 0 aromatic heterocycles. The number of hydrogen-bond acceptors (Lipinski definition) is 5. The number of ether oxygens (including phenoxy) is 1. The first kappa shape index (κ1) is 25.4. The van der Waals surface area contributed by atoms with Crippen molar-refractivity contribution in [1.82, 2.24) is 25.3 Å². The molecule has 0 spiro atoms. The highest BCUT2D eigenvalue weighted by Crippen LogP contribution is 2.15. The number of nitrogens with zero attached hydrogens (tertiary/aromatic N) is 4. The van der Waals surface area contributed by atoms with Gasteiger partial charge in [-0.1, -0.05) is 6.92 Å². The molecule has 2 saturated heterocycles. The molecule has 2 fully saturated rings. The van der Waals surface area contributed by atoms with Crippen molar-refractivity contribution in [2.24, 2.45) is 4.99 Å². The molecular weight excluding hydrogens is 471 g/mol. The molecular formula is C19H39IN6O2. The summed E-state index contributed by atoms with van der Waals surface area (Å²) in [6.07, 6.45) is 3.54. The standard InChI is InChI=1S/C19H38N6O2.HI/c1-4-25-10-5-7-17(25)15-21-19(22-16-18(26)23(2)3)20-8-6-9-24-11-13-27-14-12-24;/h17H,4-16H2,1-3H3,(H2,20,21,22);1H. The molecule has 0 saturated carbocycles. The third-order valence-corrected chi connectivity index (χ3v) is 5.33. The first-order valence-corrected chi connectivity index (χ1v) is 10.4. The minimum atomic E-state index is 0. The van der Waals surface area contributed by atoms with Crippen LogP contribution in [0.5, 0.6) is 0 Å². The van der Waals surface area contributed by atoms with Crippen molar-refractivity contribution in [3.8, 4) is 0 Å². The van der Waals surface area contributed by atoms with E-state index in [1.807, 2.05) is 0 Å². The van der Waals surface area contributed by atoms with Crippen LogP contribution in [0, 0.1) is 0 Å². The molecule has 1 atom stereocenters. The first-order valence-electron chi connectivity index (χ1n) is 10.4. The zero-order valence-electron chi connectivity index (χ0n) is 17.8. The van der Waals surface area contributed by atoms with E-state index in [-0.39, 0.29) is 36.4 Å². The topological polar surface area (TPSA) is 72.4 Å². The molecule has 2 heterocycles. The van der Waals surface area contributed by atoms with Crippen LogP contribution >= 0.6 is 24.0 Å². The average Bonchev–Trinajstić information content (AvgIpc) is 3.14. The Balaban J connectivity index is 0.00000392. The van der Waals surface area contributed by atoms with E-state index >= 15 is 0 Å². The van der Waals surface area contributed by atoms with Gasteiger partial charge in [-0.05, 0) is 38.9 Å². The Morgan fingerprint density at radius 2 is 1.96 bits per heavy atom. The maximum Gasteiger partial charge on any atom is 0.243 e. The number of likely N-dealkylation sites (tertiary alicyclic amines) is 1. The normalized spacial score (nSPS) is 21.2. The molecule has 1 unspecified atom stereocenters.